The number of para-hydroxylation sites is 1. The predicted molar refractivity (Wildman–Crippen MR) is 145 cm³/mol. The Labute approximate surface area is 211 Å². The Morgan fingerprint density at radius 1 is 0.944 bits per heavy atom. The monoisotopic (exact) mass is 480 g/mol. The van der Waals surface area contributed by atoms with Gasteiger partial charge >= 0.3 is 0 Å². The van der Waals surface area contributed by atoms with E-state index >= 15 is 0 Å². The maximum atomic E-state index is 14.0. The lowest BCUT2D eigenvalue weighted by atomic mass is 9.88. The molecule has 184 valence electrons. The Morgan fingerprint density at radius 2 is 1.75 bits per heavy atom. The molecule has 3 aromatic carbocycles. The second kappa shape index (κ2) is 9.70. The average molecular weight is 481 g/mol. The van der Waals surface area contributed by atoms with Crippen LogP contribution >= 0.6 is 0 Å². The predicted octanol–water partition coefficient (Wildman–Crippen LogP) is 4.98. The van der Waals surface area contributed by atoms with Gasteiger partial charge in [0.1, 0.15) is 5.75 Å². The summed E-state index contributed by atoms with van der Waals surface area (Å²) in [6.45, 7) is 3.46. The Kier molecular flexibility index (Phi) is 6.11. The van der Waals surface area contributed by atoms with Crippen LogP contribution in [0.2, 0.25) is 0 Å². The van der Waals surface area contributed by atoms with E-state index in [-0.39, 0.29) is 17.9 Å². The highest BCUT2D eigenvalue weighted by Crippen LogP contribution is 2.31. The van der Waals surface area contributed by atoms with Crippen molar-refractivity contribution in [2.45, 2.75) is 24.9 Å². The number of aromatic nitrogens is 1. The van der Waals surface area contributed by atoms with Gasteiger partial charge in [-0.15, -0.1) is 0 Å². The number of H-pyrrole nitrogens is 1. The van der Waals surface area contributed by atoms with Crippen molar-refractivity contribution in [1.29, 1.82) is 0 Å². The molecule has 3 heterocycles. The molecule has 0 amide bonds. The van der Waals surface area contributed by atoms with Crippen molar-refractivity contribution in [1.82, 2.24) is 9.88 Å². The largest absolute Gasteiger partial charge is 0.497 e. The number of methoxy groups -OCH3 is 1. The smallest absolute Gasteiger partial charge is 0.182 e. The van der Waals surface area contributed by atoms with E-state index in [4.69, 9.17) is 4.74 Å². The molecular formula is C30H32N4O2. The average Bonchev–Trinajstić information content (AvgIpc) is 3.43. The standard InChI is InChI=1S/C30H32N4O2/c1-36-23-12-9-22(10-13-23)30(35)29(27-14-11-21-5-2-3-6-25(21)32-27)34-19-17-33(18-20-34)28-8-4-7-26-24(28)15-16-31-26/h2-10,12-13,15-16,27,29,31-32H,11,14,17-20H2,1H3. The molecule has 6 nitrogen and oxygen atoms in total. The van der Waals surface area contributed by atoms with E-state index in [9.17, 15) is 4.79 Å². The zero-order chi connectivity index (χ0) is 24.5. The Morgan fingerprint density at radius 3 is 2.56 bits per heavy atom. The van der Waals surface area contributed by atoms with Gasteiger partial charge in [0, 0.05) is 66.3 Å². The normalized spacial score (nSPS) is 18.9. The minimum atomic E-state index is -0.225. The highest BCUT2D eigenvalue weighted by molar-refractivity contribution is 6.01. The van der Waals surface area contributed by atoms with Gasteiger partial charge < -0.3 is 19.9 Å². The van der Waals surface area contributed by atoms with Gasteiger partial charge in [0.2, 0.25) is 0 Å². The molecule has 0 bridgehead atoms. The lowest BCUT2D eigenvalue weighted by Crippen LogP contribution is -2.58. The van der Waals surface area contributed by atoms with Crippen molar-refractivity contribution in [2.75, 3.05) is 43.5 Å². The minimum Gasteiger partial charge on any atom is -0.497 e. The molecule has 2 aliphatic heterocycles. The summed E-state index contributed by atoms with van der Waals surface area (Å²) in [5.41, 5.74) is 5.64. The Bertz CT molecular complexity index is 1350. The number of hydrogen-bond donors (Lipinski definition) is 2. The number of rotatable bonds is 6. The van der Waals surface area contributed by atoms with Crippen molar-refractivity contribution in [3.05, 3.63) is 90.1 Å². The van der Waals surface area contributed by atoms with Crippen LogP contribution in [0.1, 0.15) is 22.3 Å². The van der Waals surface area contributed by atoms with Gasteiger partial charge in [0.25, 0.3) is 0 Å². The van der Waals surface area contributed by atoms with E-state index in [1.165, 1.54) is 16.6 Å². The summed E-state index contributed by atoms with van der Waals surface area (Å²) >= 11 is 0. The molecule has 0 aliphatic carbocycles. The molecule has 1 aromatic heterocycles. The molecule has 36 heavy (non-hydrogen) atoms. The van der Waals surface area contributed by atoms with Gasteiger partial charge in [0.15, 0.2) is 5.78 Å². The summed E-state index contributed by atoms with van der Waals surface area (Å²) in [4.78, 5) is 22.2. The van der Waals surface area contributed by atoms with Crippen LogP contribution in [0.3, 0.4) is 0 Å². The number of Topliss-reactive ketones (excluding diaryl/α,β-unsaturated/α-hetero) is 1. The quantitative estimate of drug-likeness (QED) is 0.381. The summed E-state index contributed by atoms with van der Waals surface area (Å²) in [7, 11) is 1.65. The van der Waals surface area contributed by atoms with Gasteiger partial charge in [-0.2, -0.15) is 0 Å². The summed E-state index contributed by atoms with van der Waals surface area (Å²) in [6, 6.07) is 24.4. The number of fused-ring (bicyclic) bond motifs is 2. The van der Waals surface area contributed by atoms with Crippen LogP contribution in [0.15, 0.2) is 79.0 Å². The lowest BCUT2D eigenvalue weighted by Gasteiger charge is -2.44. The SMILES string of the molecule is COc1ccc(C(=O)C(C2CCc3ccccc3N2)N2CCN(c3cccc4[nH]ccc34)CC2)cc1. The van der Waals surface area contributed by atoms with Gasteiger partial charge in [-0.3, -0.25) is 9.69 Å². The molecule has 2 N–H and O–H groups in total. The lowest BCUT2D eigenvalue weighted by molar-refractivity contribution is 0.0771. The Balaban J connectivity index is 1.26. The molecule has 1 fully saturated rings. The molecule has 0 radical (unpaired) electrons. The molecular weight excluding hydrogens is 448 g/mol. The van der Waals surface area contributed by atoms with Gasteiger partial charge in [-0.1, -0.05) is 24.3 Å². The fourth-order valence-corrected chi connectivity index (χ4v) is 5.81. The number of ether oxygens (including phenoxy) is 1. The number of nitrogens with one attached hydrogen (secondary N) is 2. The van der Waals surface area contributed by atoms with E-state index < -0.39 is 0 Å². The van der Waals surface area contributed by atoms with Crippen LogP contribution < -0.4 is 15.0 Å². The van der Waals surface area contributed by atoms with Gasteiger partial charge in [0.05, 0.1) is 13.2 Å². The third-order valence-corrected chi connectivity index (χ3v) is 7.73. The Hall–Kier alpha value is -3.77. The van der Waals surface area contributed by atoms with Crippen LogP contribution in [0.25, 0.3) is 10.9 Å². The number of piperazine rings is 1. The van der Waals surface area contributed by atoms with E-state index in [1.54, 1.807) is 7.11 Å². The zero-order valence-electron chi connectivity index (χ0n) is 20.6. The number of carbonyl (C=O) groups is 1. The summed E-state index contributed by atoms with van der Waals surface area (Å²) in [6.07, 6.45) is 3.92. The van der Waals surface area contributed by atoms with E-state index in [0.29, 0.717) is 0 Å². The van der Waals surface area contributed by atoms with E-state index in [2.05, 4.69) is 68.6 Å². The second-order valence-corrected chi connectivity index (χ2v) is 9.72. The third kappa shape index (κ3) is 4.22. The first-order valence-electron chi connectivity index (χ1n) is 12.8. The van der Waals surface area contributed by atoms with Crippen molar-refractivity contribution >= 4 is 28.1 Å². The minimum absolute atomic E-state index is 0.0640. The molecule has 2 atom stereocenters. The number of hydrogen-bond acceptors (Lipinski definition) is 5. The number of aryl methyl sites for hydroxylation is 1. The number of anilines is 2. The van der Waals surface area contributed by atoms with Gasteiger partial charge in [-0.05, 0) is 66.9 Å². The van der Waals surface area contributed by atoms with Crippen LogP contribution in [-0.2, 0) is 6.42 Å². The van der Waals surface area contributed by atoms with Crippen molar-refractivity contribution in [3.63, 3.8) is 0 Å². The summed E-state index contributed by atoms with van der Waals surface area (Å²) < 4.78 is 5.32. The fourth-order valence-electron chi connectivity index (χ4n) is 5.81. The maximum absolute atomic E-state index is 14.0. The molecule has 4 aromatic rings. The first-order valence-corrected chi connectivity index (χ1v) is 12.8. The molecule has 6 heteroatoms. The zero-order valence-corrected chi connectivity index (χ0v) is 20.6. The molecule has 0 spiro atoms. The van der Waals surface area contributed by atoms with Gasteiger partial charge in [-0.25, -0.2) is 0 Å². The molecule has 0 saturated carbocycles. The summed E-state index contributed by atoms with van der Waals surface area (Å²) in [5.74, 6) is 0.941. The van der Waals surface area contributed by atoms with E-state index in [0.717, 1.165) is 61.5 Å². The van der Waals surface area contributed by atoms with Crippen molar-refractivity contribution < 1.29 is 9.53 Å². The highest BCUT2D eigenvalue weighted by atomic mass is 16.5. The number of aromatic amines is 1. The topological polar surface area (TPSA) is 60.6 Å². The van der Waals surface area contributed by atoms with Crippen molar-refractivity contribution in [2.24, 2.45) is 0 Å². The number of benzene rings is 3. The van der Waals surface area contributed by atoms with Crippen molar-refractivity contribution in [3.8, 4) is 5.75 Å². The molecule has 6 rings (SSSR count). The second-order valence-electron chi connectivity index (χ2n) is 9.72. The molecule has 2 unspecified atom stereocenters. The highest BCUT2D eigenvalue weighted by Gasteiger charge is 2.37. The van der Waals surface area contributed by atoms with Crippen LogP contribution in [0.5, 0.6) is 5.75 Å². The molecule has 2 aliphatic rings. The number of ketones is 1. The number of carbonyl (C=O) groups excluding carboxylic acids is 1. The number of nitrogens with zero attached hydrogens (tertiary/aromatic N) is 2. The van der Waals surface area contributed by atoms with Crippen LogP contribution in [0, 0.1) is 0 Å². The van der Waals surface area contributed by atoms with E-state index in [1.807, 2.05) is 30.5 Å². The van der Waals surface area contributed by atoms with Crippen LogP contribution in [-0.4, -0.2) is 61.0 Å². The summed E-state index contributed by atoms with van der Waals surface area (Å²) in [5, 5.41) is 4.98. The first-order chi connectivity index (χ1) is 17.7. The third-order valence-electron chi connectivity index (χ3n) is 7.73. The van der Waals surface area contributed by atoms with Crippen LogP contribution in [0.4, 0.5) is 11.4 Å². The first kappa shape index (κ1) is 22.7. The fraction of sp³-hybridized carbons (Fsp3) is 0.300. The maximum Gasteiger partial charge on any atom is 0.182 e. The molecule has 1 saturated heterocycles.